The summed E-state index contributed by atoms with van der Waals surface area (Å²) in [4.78, 5) is 31.2. The summed E-state index contributed by atoms with van der Waals surface area (Å²) in [5, 5.41) is 5.84. The summed E-state index contributed by atoms with van der Waals surface area (Å²) in [7, 11) is 3.88. The van der Waals surface area contributed by atoms with Crippen molar-refractivity contribution in [3.8, 4) is 5.75 Å². The average Bonchev–Trinajstić information content (AvgIpc) is 3.32. The Morgan fingerprint density at radius 2 is 2.00 bits per heavy atom. The molecule has 32 heavy (non-hydrogen) atoms. The van der Waals surface area contributed by atoms with E-state index in [9.17, 15) is 9.59 Å². The van der Waals surface area contributed by atoms with Crippen molar-refractivity contribution in [2.75, 3.05) is 26.0 Å². The van der Waals surface area contributed by atoms with E-state index >= 15 is 0 Å². The highest BCUT2D eigenvalue weighted by molar-refractivity contribution is 7.09. The molecule has 9 heteroatoms. The molecule has 2 aromatic heterocycles. The van der Waals surface area contributed by atoms with Gasteiger partial charge in [0.1, 0.15) is 12.4 Å². The van der Waals surface area contributed by atoms with Gasteiger partial charge in [0.15, 0.2) is 5.58 Å². The second-order valence-electron chi connectivity index (χ2n) is 7.63. The van der Waals surface area contributed by atoms with Gasteiger partial charge in [0.25, 0.3) is 5.91 Å². The molecule has 0 aliphatic heterocycles. The van der Waals surface area contributed by atoms with Gasteiger partial charge in [-0.05, 0) is 63.5 Å². The molecule has 0 aliphatic carbocycles. The third-order valence-corrected chi connectivity index (χ3v) is 5.69. The average molecular weight is 453 g/mol. The van der Waals surface area contributed by atoms with Crippen LogP contribution in [0.1, 0.15) is 21.1 Å². The quantitative estimate of drug-likeness (QED) is 0.438. The van der Waals surface area contributed by atoms with E-state index in [2.05, 4.69) is 10.3 Å². The van der Waals surface area contributed by atoms with E-state index < -0.39 is 5.76 Å². The first-order valence-corrected chi connectivity index (χ1v) is 11.0. The van der Waals surface area contributed by atoms with Crippen LogP contribution in [0.4, 0.5) is 5.69 Å². The van der Waals surface area contributed by atoms with E-state index in [4.69, 9.17) is 9.15 Å². The molecule has 166 valence electrons. The van der Waals surface area contributed by atoms with Gasteiger partial charge in [-0.25, -0.2) is 9.78 Å². The number of rotatable bonds is 8. The monoisotopic (exact) mass is 452 g/mol. The Kier molecular flexibility index (Phi) is 6.38. The number of carbonyl (C=O) groups excluding carboxylic acids is 1. The molecule has 2 aromatic carbocycles. The molecule has 4 aromatic rings. The molecular formula is C23H24N4O4S. The van der Waals surface area contributed by atoms with E-state index in [-0.39, 0.29) is 5.91 Å². The molecule has 0 aliphatic rings. The maximum Gasteiger partial charge on any atom is 0.419 e. The van der Waals surface area contributed by atoms with Crippen molar-refractivity contribution in [1.82, 2.24) is 14.5 Å². The number of likely N-dealkylation sites (N-methyl/N-ethyl adjacent to an activating group) is 1. The molecule has 1 amide bonds. The standard InChI is InChI=1S/C23H24N4O4S/c1-15-24-18(14-32-15)13-30-19-7-4-16(5-8-19)22(28)25-17-6-9-21-20(12-17)27(23(29)31-21)11-10-26(2)3/h4-9,12,14H,10-11,13H2,1-3H3,(H,25,28). The van der Waals surface area contributed by atoms with E-state index in [1.807, 2.05) is 31.3 Å². The Morgan fingerprint density at radius 1 is 1.22 bits per heavy atom. The molecule has 0 saturated carbocycles. The number of amides is 1. The number of aryl methyl sites for hydroxylation is 1. The van der Waals surface area contributed by atoms with Crippen molar-refractivity contribution in [3.63, 3.8) is 0 Å². The number of thiazole rings is 1. The van der Waals surface area contributed by atoms with Gasteiger partial charge in [0.05, 0.1) is 16.2 Å². The molecule has 2 heterocycles. The lowest BCUT2D eigenvalue weighted by Gasteiger charge is -2.10. The number of nitrogens with zero attached hydrogens (tertiary/aromatic N) is 3. The van der Waals surface area contributed by atoms with E-state index in [0.717, 1.165) is 10.7 Å². The van der Waals surface area contributed by atoms with E-state index in [1.54, 1.807) is 58.4 Å². The van der Waals surface area contributed by atoms with Crippen molar-refractivity contribution in [2.24, 2.45) is 0 Å². The van der Waals surface area contributed by atoms with Gasteiger partial charge in [-0.2, -0.15) is 0 Å². The zero-order valence-electron chi connectivity index (χ0n) is 18.1. The van der Waals surface area contributed by atoms with Gasteiger partial charge >= 0.3 is 5.76 Å². The van der Waals surface area contributed by atoms with Crippen molar-refractivity contribution < 1.29 is 13.9 Å². The topological polar surface area (TPSA) is 89.6 Å². The molecule has 1 N–H and O–H groups in total. The second-order valence-corrected chi connectivity index (χ2v) is 8.69. The fourth-order valence-electron chi connectivity index (χ4n) is 3.19. The summed E-state index contributed by atoms with van der Waals surface area (Å²) in [5.74, 6) is 0.00219. The van der Waals surface area contributed by atoms with Gasteiger partial charge in [-0.15, -0.1) is 11.3 Å². The molecular weight excluding hydrogens is 428 g/mol. The van der Waals surface area contributed by atoms with Gasteiger partial charge in [-0.3, -0.25) is 9.36 Å². The van der Waals surface area contributed by atoms with Crippen LogP contribution in [0.25, 0.3) is 11.1 Å². The number of anilines is 1. The van der Waals surface area contributed by atoms with Crippen LogP contribution in [-0.2, 0) is 13.2 Å². The lowest BCUT2D eigenvalue weighted by molar-refractivity contribution is 0.102. The molecule has 0 bridgehead atoms. The highest BCUT2D eigenvalue weighted by Crippen LogP contribution is 2.20. The zero-order chi connectivity index (χ0) is 22.7. The Morgan fingerprint density at radius 3 is 2.69 bits per heavy atom. The minimum absolute atomic E-state index is 0.253. The van der Waals surface area contributed by atoms with E-state index in [0.29, 0.717) is 47.8 Å². The largest absolute Gasteiger partial charge is 0.487 e. The Balaban J connectivity index is 1.43. The first-order valence-electron chi connectivity index (χ1n) is 10.1. The normalized spacial score (nSPS) is 11.2. The summed E-state index contributed by atoms with van der Waals surface area (Å²) < 4.78 is 12.6. The number of benzene rings is 2. The molecule has 0 unspecified atom stereocenters. The zero-order valence-corrected chi connectivity index (χ0v) is 18.9. The van der Waals surface area contributed by atoms with Crippen molar-refractivity contribution in [1.29, 1.82) is 0 Å². The predicted molar refractivity (Wildman–Crippen MR) is 125 cm³/mol. The molecule has 8 nitrogen and oxygen atoms in total. The summed E-state index contributed by atoms with van der Waals surface area (Å²) in [6, 6.07) is 12.1. The van der Waals surface area contributed by atoms with Crippen LogP contribution >= 0.6 is 11.3 Å². The fraction of sp³-hybridized carbons (Fsp3) is 0.261. The predicted octanol–water partition coefficient (Wildman–Crippen LogP) is 3.75. The number of oxazole rings is 1. The van der Waals surface area contributed by atoms with Crippen LogP contribution in [0.5, 0.6) is 5.75 Å². The molecule has 0 saturated heterocycles. The summed E-state index contributed by atoms with van der Waals surface area (Å²) in [5.41, 5.74) is 3.10. The smallest absolute Gasteiger partial charge is 0.419 e. The lowest BCUT2D eigenvalue weighted by Crippen LogP contribution is -2.23. The first-order chi connectivity index (χ1) is 15.4. The second kappa shape index (κ2) is 9.37. The number of ether oxygens (including phenoxy) is 1. The molecule has 0 fully saturated rings. The number of hydrogen-bond donors (Lipinski definition) is 1. The fourth-order valence-corrected chi connectivity index (χ4v) is 3.79. The highest BCUT2D eigenvalue weighted by Gasteiger charge is 2.12. The highest BCUT2D eigenvalue weighted by atomic mass is 32.1. The number of aromatic nitrogens is 2. The van der Waals surface area contributed by atoms with Crippen molar-refractivity contribution >= 4 is 34.0 Å². The van der Waals surface area contributed by atoms with Gasteiger partial charge in [0.2, 0.25) is 0 Å². The van der Waals surface area contributed by atoms with Gasteiger partial charge in [0, 0.05) is 29.7 Å². The minimum Gasteiger partial charge on any atom is -0.487 e. The van der Waals surface area contributed by atoms with E-state index in [1.165, 1.54) is 0 Å². The molecule has 0 atom stereocenters. The third kappa shape index (κ3) is 5.06. The van der Waals surface area contributed by atoms with Gasteiger partial charge in [-0.1, -0.05) is 0 Å². The van der Waals surface area contributed by atoms with Crippen molar-refractivity contribution in [2.45, 2.75) is 20.1 Å². The Labute approximate surface area is 189 Å². The number of hydrogen-bond acceptors (Lipinski definition) is 7. The molecule has 0 spiro atoms. The number of nitrogens with one attached hydrogen (secondary N) is 1. The summed E-state index contributed by atoms with van der Waals surface area (Å²) in [6.07, 6.45) is 0. The van der Waals surface area contributed by atoms with Crippen LogP contribution in [0.3, 0.4) is 0 Å². The molecule has 0 radical (unpaired) electrons. The van der Waals surface area contributed by atoms with Crippen LogP contribution in [-0.4, -0.2) is 41.0 Å². The lowest BCUT2D eigenvalue weighted by atomic mass is 10.2. The minimum atomic E-state index is -0.409. The Bertz CT molecular complexity index is 1290. The van der Waals surface area contributed by atoms with Crippen molar-refractivity contribution in [3.05, 3.63) is 74.7 Å². The maximum absolute atomic E-state index is 12.7. The first kappa shape index (κ1) is 21.8. The molecule has 4 rings (SSSR count). The number of fused-ring (bicyclic) bond motifs is 1. The van der Waals surface area contributed by atoms with Crippen LogP contribution in [0.2, 0.25) is 0 Å². The van der Waals surface area contributed by atoms with Crippen LogP contribution in [0.15, 0.2) is 57.1 Å². The van der Waals surface area contributed by atoms with Crippen LogP contribution < -0.4 is 15.8 Å². The SMILES string of the molecule is Cc1nc(COc2ccc(C(=O)Nc3ccc4oc(=O)n(CCN(C)C)c4c3)cc2)cs1. The maximum atomic E-state index is 12.7. The summed E-state index contributed by atoms with van der Waals surface area (Å²) in [6.45, 7) is 3.53. The number of carbonyl (C=O) groups is 1. The summed E-state index contributed by atoms with van der Waals surface area (Å²) >= 11 is 1.58. The third-order valence-electron chi connectivity index (χ3n) is 4.87. The Hall–Kier alpha value is -3.43. The van der Waals surface area contributed by atoms with Crippen LogP contribution in [0, 0.1) is 6.92 Å². The van der Waals surface area contributed by atoms with Gasteiger partial charge < -0.3 is 19.4 Å².